The highest BCUT2D eigenvalue weighted by molar-refractivity contribution is 7.89. The molecule has 24 heavy (non-hydrogen) atoms. The highest BCUT2D eigenvalue weighted by Gasteiger charge is 2.17. The first-order valence-electron chi connectivity index (χ1n) is 7.14. The first-order chi connectivity index (χ1) is 11.4. The molecule has 0 unspecified atom stereocenters. The lowest BCUT2D eigenvalue weighted by Gasteiger charge is -2.09. The van der Waals surface area contributed by atoms with Crippen molar-refractivity contribution < 1.29 is 13.2 Å². The van der Waals surface area contributed by atoms with Crippen molar-refractivity contribution in [3.05, 3.63) is 64.1 Å². The Balaban J connectivity index is 1.81. The van der Waals surface area contributed by atoms with E-state index in [0.717, 1.165) is 5.56 Å². The lowest BCUT2D eigenvalue weighted by atomic mass is 10.2. The van der Waals surface area contributed by atoms with Crippen molar-refractivity contribution in [1.82, 2.24) is 10.0 Å². The van der Waals surface area contributed by atoms with E-state index in [2.05, 4.69) is 10.0 Å². The molecule has 2 aromatic rings. The summed E-state index contributed by atoms with van der Waals surface area (Å²) in [4.78, 5) is 11.8. The van der Waals surface area contributed by atoms with E-state index in [0.29, 0.717) is 11.6 Å². The number of halogens is 2. The normalized spacial score (nSPS) is 11.2. The summed E-state index contributed by atoms with van der Waals surface area (Å²) in [5.74, 6) is -0.267. The second-order valence-electron chi connectivity index (χ2n) is 4.98. The van der Waals surface area contributed by atoms with Crippen molar-refractivity contribution in [3.8, 4) is 0 Å². The Morgan fingerprint density at radius 3 is 2.50 bits per heavy atom. The molecule has 0 aliphatic rings. The fourth-order valence-corrected chi connectivity index (χ4v) is 3.74. The van der Waals surface area contributed by atoms with E-state index in [1.54, 1.807) is 30.3 Å². The van der Waals surface area contributed by atoms with E-state index in [1.165, 1.54) is 12.1 Å². The number of benzene rings is 2. The number of hydrogen-bond donors (Lipinski definition) is 2. The second-order valence-corrected chi connectivity index (χ2v) is 7.56. The van der Waals surface area contributed by atoms with Crippen LogP contribution < -0.4 is 10.0 Å². The summed E-state index contributed by atoms with van der Waals surface area (Å²) < 4.78 is 26.6. The minimum absolute atomic E-state index is 0.00833. The lowest BCUT2D eigenvalue weighted by molar-refractivity contribution is -0.121. The molecule has 0 fully saturated rings. The van der Waals surface area contributed by atoms with Crippen LogP contribution in [0.5, 0.6) is 0 Å². The summed E-state index contributed by atoms with van der Waals surface area (Å²) in [6.07, 6.45) is 0.0181. The van der Waals surface area contributed by atoms with Gasteiger partial charge in [-0.1, -0.05) is 47.5 Å². The number of rotatable bonds is 7. The van der Waals surface area contributed by atoms with Gasteiger partial charge in [0, 0.05) is 24.5 Å². The zero-order valence-electron chi connectivity index (χ0n) is 12.6. The van der Waals surface area contributed by atoms with Gasteiger partial charge in [-0.2, -0.15) is 0 Å². The molecular weight excluding hydrogens is 371 g/mol. The molecule has 2 aromatic carbocycles. The highest BCUT2D eigenvalue weighted by Crippen LogP contribution is 2.19. The zero-order chi connectivity index (χ0) is 17.6. The maximum atomic E-state index is 12.1. The highest BCUT2D eigenvalue weighted by atomic mass is 35.5. The summed E-state index contributed by atoms with van der Waals surface area (Å²) in [7, 11) is -3.74. The largest absolute Gasteiger partial charge is 0.352 e. The lowest BCUT2D eigenvalue weighted by Crippen LogP contribution is -2.30. The number of carbonyl (C=O) groups is 1. The van der Waals surface area contributed by atoms with Crippen LogP contribution in [0.4, 0.5) is 0 Å². The predicted octanol–water partition coefficient (Wildman–Crippen LogP) is 2.98. The standard InChI is InChI=1S/C16H16Cl2N2O3S/c17-13-5-3-4-12(10-13)11-19-16(21)8-9-20-24(22,23)15-7-2-1-6-14(15)18/h1-7,10,20H,8-9,11H2,(H,19,21). The fraction of sp³-hybridized carbons (Fsp3) is 0.188. The van der Waals surface area contributed by atoms with Gasteiger partial charge >= 0.3 is 0 Å². The van der Waals surface area contributed by atoms with Crippen LogP contribution >= 0.6 is 23.2 Å². The van der Waals surface area contributed by atoms with Crippen molar-refractivity contribution in [1.29, 1.82) is 0 Å². The molecule has 0 aliphatic carbocycles. The maximum absolute atomic E-state index is 12.1. The molecule has 1 amide bonds. The third kappa shape index (κ3) is 5.49. The van der Waals surface area contributed by atoms with E-state index in [9.17, 15) is 13.2 Å². The molecule has 0 atom stereocenters. The predicted molar refractivity (Wildman–Crippen MR) is 94.6 cm³/mol. The van der Waals surface area contributed by atoms with E-state index < -0.39 is 10.0 Å². The van der Waals surface area contributed by atoms with Crippen LogP contribution in [0.2, 0.25) is 10.0 Å². The van der Waals surface area contributed by atoms with Gasteiger partial charge in [-0.25, -0.2) is 13.1 Å². The molecule has 2 N–H and O–H groups in total. The van der Waals surface area contributed by atoms with Crippen LogP contribution in [0.3, 0.4) is 0 Å². The number of amides is 1. The Hall–Kier alpha value is -1.60. The van der Waals surface area contributed by atoms with Crippen LogP contribution in [0.1, 0.15) is 12.0 Å². The van der Waals surface area contributed by atoms with Gasteiger partial charge in [0.25, 0.3) is 0 Å². The second kappa shape index (κ2) is 8.48. The molecule has 0 spiro atoms. The fourth-order valence-electron chi connectivity index (χ4n) is 1.98. The molecule has 0 radical (unpaired) electrons. The minimum atomic E-state index is -3.74. The van der Waals surface area contributed by atoms with Crippen molar-refractivity contribution >= 4 is 39.1 Å². The van der Waals surface area contributed by atoms with Gasteiger partial charge in [-0.3, -0.25) is 4.79 Å². The third-order valence-corrected chi connectivity index (χ3v) is 5.34. The van der Waals surface area contributed by atoms with Gasteiger partial charge in [-0.05, 0) is 29.8 Å². The summed E-state index contributed by atoms with van der Waals surface area (Å²) in [5, 5.41) is 3.43. The molecule has 0 aliphatic heterocycles. The van der Waals surface area contributed by atoms with Gasteiger partial charge in [-0.15, -0.1) is 0 Å². The van der Waals surface area contributed by atoms with Crippen molar-refractivity contribution in [3.63, 3.8) is 0 Å². The molecular formula is C16H16Cl2N2O3S. The van der Waals surface area contributed by atoms with Crippen molar-refractivity contribution in [2.75, 3.05) is 6.54 Å². The van der Waals surface area contributed by atoms with Crippen LogP contribution in [0.15, 0.2) is 53.4 Å². The molecule has 128 valence electrons. The average Bonchev–Trinajstić information content (AvgIpc) is 2.53. The minimum Gasteiger partial charge on any atom is -0.352 e. The average molecular weight is 387 g/mol. The maximum Gasteiger partial charge on any atom is 0.242 e. The Kier molecular flexibility index (Phi) is 6.62. The van der Waals surface area contributed by atoms with Crippen molar-refractivity contribution in [2.24, 2.45) is 0 Å². The van der Waals surface area contributed by atoms with E-state index in [-0.39, 0.29) is 28.8 Å². The van der Waals surface area contributed by atoms with Gasteiger partial charge < -0.3 is 5.32 Å². The van der Waals surface area contributed by atoms with Crippen LogP contribution in [-0.4, -0.2) is 20.9 Å². The molecule has 0 heterocycles. The number of sulfonamides is 1. The molecule has 5 nitrogen and oxygen atoms in total. The van der Waals surface area contributed by atoms with Crippen molar-refractivity contribution in [2.45, 2.75) is 17.9 Å². The molecule has 0 saturated carbocycles. The topological polar surface area (TPSA) is 75.3 Å². The first-order valence-corrected chi connectivity index (χ1v) is 9.38. The summed E-state index contributed by atoms with van der Waals surface area (Å²) in [6, 6.07) is 13.3. The van der Waals surface area contributed by atoms with Crippen LogP contribution in [0.25, 0.3) is 0 Å². The van der Waals surface area contributed by atoms with E-state index in [4.69, 9.17) is 23.2 Å². The van der Waals surface area contributed by atoms with Gasteiger partial charge in [0.15, 0.2) is 0 Å². The summed E-state index contributed by atoms with van der Waals surface area (Å²) >= 11 is 11.7. The number of hydrogen-bond acceptors (Lipinski definition) is 3. The molecule has 8 heteroatoms. The van der Waals surface area contributed by atoms with Gasteiger partial charge in [0.1, 0.15) is 4.90 Å². The SMILES string of the molecule is O=C(CCNS(=O)(=O)c1ccccc1Cl)NCc1cccc(Cl)c1. The number of carbonyl (C=O) groups excluding carboxylic acids is 1. The Morgan fingerprint density at radius 2 is 1.79 bits per heavy atom. The van der Waals surface area contributed by atoms with E-state index >= 15 is 0 Å². The van der Waals surface area contributed by atoms with Gasteiger partial charge in [0.2, 0.25) is 15.9 Å². The quantitative estimate of drug-likeness (QED) is 0.767. The third-order valence-electron chi connectivity index (χ3n) is 3.15. The van der Waals surface area contributed by atoms with E-state index in [1.807, 2.05) is 6.07 Å². The molecule has 0 saturated heterocycles. The monoisotopic (exact) mass is 386 g/mol. The van der Waals surface area contributed by atoms with Crippen LogP contribution in [0, 0.1) is 0 Å². The smallest absolute Gasteiger partial charge is 0.242 e. The van der Waals surface area contributed by atoms with Gasteiger partial charge in [0.05, 0.1) is 5.02 Å². The molecule has 0 aromatic heterocycles. The first kappa shape index (κ1) is 18.7. The molecule has 0 bridgehead atoms. The summed E-state index contributed by atoms with van der Waals surface area (Å²) in [6.45, 7) is 0.311. The molecule has 2 rings (SSSR count). The number of nitrogens with one attached hydrogen (secondary N) is 2. The summed E-state index contributed by atoms with van der Waals surface area (Å²) in [5.41, 5.74) is 0.868. The Bertz CT molecular complexity index is 826. The Morgan fingerprint density at radius 1 is 1.04 bits per heavy atom. The Labute approximate surface area is 151 Å². The van der Waals surface area contributed by atoms with Crippen LogP contribution in [-0.2, 0) is 21.4 Å². The zero-order valence-corrected chi connectivity index (χ0v) is 15.0.